The number of rotatable bonds is 6. The van der Waals surface area contributed by atoms with Gasteiger partial charge in [-0.3, -0.25) is 9.98 Å². The van der Waals surface area contributed by atoms with Gasteiger partial charge >= 0.3 is 0 Å². The summed E-state index contributed by atoms with van der Waals surface area (Å²) in [4.78, 5) is 24.4. The normalized spacial score (nSPS) is 16.4. The van der Waals surface area contributed by atoms with Crippen LogP contribution in [0.3, 0.4) is 0 Å². The van der Waals surface area contributed by atoms with E-state index in [1.807, 2.05) is 30.6 Å². The van der Waals surface area contributed by atoms with Crippen LogP contribution in [0.15, 0.2) is 163 Å². The Morgan fingerprint density at radius 3 is 2.28 bits per heavy atom. The molecule has 0 bridgehead atoms. The van der Waals surface area contributed by atoms with Gasteiger partial charge in [-0.05, 0) is 82.6 Å². The molecule has 0 radical (unpaired) electrons. The minimum Gasteiger partial charge on any atom is -0.308 e. The molecule has 3 aromatic heterocycles. The number of hydrogen-bond donors (Lipinski definition) is 0. The molecule has 0 amide bonds. The quantitative estimate of drug-likeness (QED) is 0.170. The summed E-state index contributed by atoms with van der Waals surface area (Å²) in [6.07, 6.45) is 18.5. The molecule has 0 saturated heterocycles. The fourth-order valence-electron chi connectivity index (χ4n) is 9.38. The first kappa shape index (κ1) is 34.2. The molecule has 0 spiro atoms. The standard InChI is InChI=1S/C52H40N6/c1-52(2)44-23-11-9-21-38(44)40-25-26-41-39-22-10-12-24-45(39)58(48(41)46(40)52)47-42(33-15-5-3-6-16-33)29-37(30-43(47)34-17-7-4-8-18-34)51-56-49(35-19-13-27-53-31-35)55-50(57-51)36-20-14-28-54-32-36/h3,5-7,9-31,36H,4,8,32H2,1-2H3. The van der Waals surface area contributed by atoms with E-state index in [4.69, 9.17) is 15.0 Å². The lowest BCUT2D eigenvalue weighted by Crippen LogP contribution is -2.17. The van der Waals surface area contributed by atoms with Gasteiger partial charge < -0.3 is 4.57 Å². The van der Waals surface area contributed by atoms with Crippen molar-refractivity contribution in [2.45, 2.75) is 38.0 Å². The van der Waals surface area contributed by atoms with Gasteiger partial charge in [0.15, 0.2) is 11.6 Å². The predicted molar refractivity (Wildman–Crippen MR) is 237 cm³/mol. The third kappa shape index (κ3) is 5.43. The smallest absolute Gasteiger partial charge is 0.165 e. The van der Waals surface area contributed by atoms with Crippen molar-refractivity contribution in [1.29, 1.82) is 0 Å². The summed E-state index contributed by atoms with van der Waals surface area (Å²) in [5.74, 6) is 1.85. The van der Waals surface area contributed by atoms with Crippen LogP contribution in [0.2, 0.25) is 0 Å². The van der Waals surface area contributed by atoms with E-state index in [-0.39, 0.29) is 11.3 Å². The number of para-hydroxylation sites is 1. The largest absolute Gasteiger partial charge is 0.308 e. The van der Waals surface area contributed by atoms with E-state index < -0.39 is 0 Å². The molecule has 1 unspecified atom stereocenters. The third-order valence-corrected chi connectivity index (χ3v) is 12.1. The lowest BCUT2D eigenvalue weighted by molar-refractivity contribution is 0.664. The Morgan fingerprint density at radius 2 is 1.47 bits per heavy atom. The number of aromatic nitrogens is 5. The van der Waals surface area contributed by atoms with Crippen LogP contribution in [0.25, 0.3) is 78.1 Å². The highest BCUT2D eigenvalue weighted by molar-refractivity contribution is 6.14. The van der Waals surface area contributed by atoms with Crippen molar-refractivity contribution in [3.8, 4) is 50.7 Å². The summed E-state index contributed by atoms with van der Waals surface area (Å²) < 4.78 is 2.58. The summed E-state index contributed by atoms with van der Waals surface area (Å²) in [7, 11) is 0. The molecule has 5 aromatic carbocycles. The van der Waals surface area contributed by atoms with Crippen LogP contribution >= 0.6 is 0 Å². The van der Waals surface area contributed by atoms with E-state index in [1.165, 1.54) is 49.6 Å². The number of dihydropyridines is 1. The maximum absolute atomic E-state index is 5.24. The van der Waals surface area contributed by atoms with Gasteiger partial charge in [0.1, 0.15) is 5.82 Å². The number of hydrogen-bond acceptors (Lipinski definition) is 5. The van der Waals surface area contributed by atoms with Crippen LogP contribution in [-0.4, -0.2) is 37.3 Å². The van der Waals surface area contributed by atoms with Crippen molar-refractivity contribution >= 4 is 33.6 Å². The van der Waals surface area contributed by atoms with Gasteiger partial charge in [0.2, 0.25) is 0 Å². The molecule has 278 valence electrons. The van der Waals surface area contributed by atoms with Crippen molar-refractivity contribution in [2.24, 2.45) is 4.99 Å². The topological polar surface area (TPSA) is 68.8 Å². The zero-order valence-corrected chi connectivity index (χ0v) is 32.5. The molecule has 11 rings (SSSR count). The van der Waals surface area contributed by atoms with Gasteiger partial charge in [-0.1, -0.05) is 123 Å². The summed E-state index contributed by atoms with van der Waals surface area (Å²) in [5.41, 5.74) is 15.0. The van der Waals surface area contributed by atoms with Gasteiger partial charge in [-0.25, -0.2) is 15.0 Å². The second-order valence-electron chi connectivity index (χ2n) is 15.9. The molecule has 6 nitrogen and oxygen atoms in total. The lowest BCUT2D eigenvalue weighted by Gasteiger charge is -2.26. The van der Waals surface area contributed by atoms with Crippen LogP contribution in [0, 0.1) is 0 Å². The number of aliphatic imine (C=N–C) groups is 1. The zero-order valence-electron chi connectivity index (χ0n) is 32.5. The van der Waals surface area contributed by atoms with Gasteiger partial charge in [0.05, 0.1) is 29.2 Å². The second kappa shape index (κ2) is 13.6. The van der Waals surface area contributed by atoms with E-state index >= 15 is 0 Å². The minimum absolute atomic E-state index is 0.0642. The average Bonchev–Trinajstić information content (AvgIpc) is 3.75. The Labute approximate surface area is 337 Å². The minimum atomic E-state index is -0.226. The number of allylic oxidation sites excluding steroid dienone is 5. The Balaban J connectivity index is 1.27. The Kier molecular flexibility index (Phi) is 8.00. The molecule has 1 atom stereocenters. The van der Waals surface area contributed by atoms with E-state index in [2.05, 4.69) is 156 Å². The van der Waals surface area contributed by atoms with E-state index in [0.717, 1.165) is 46.3 Å². The van der Waals surface area contributed by atoms with E-state index in [0.29, 0.717) is 24.0 Å². The van der Waals surface area contributed by atoms with Gasteiger partial charge in [0, 0.05) is 57.0 Å². The molecular formula is C52H40N6. The fraction of sp³-hybridized carbons (Fsp3) is 0.135. The predicted octanol–water partition coefficient (Wildman–Crippen LogP) is 12.1. The first-order chi connectivity index (χ1) is 28.5. The number of nitrogens with zero attached hydrogens (tertiary/aromatic N) is 6. The van der Waals surface area contributed by atoms with Crippen molar-refractivity contribution in [3.05, 3.63) is 181 Å². The van der Waals surface area contributed by atoms with Crippen molar-refractivity contribution in [1.82, 2.24) is 24.5 Å². The molecule has 8 aromatic rings. The first-order valence-electron chi connectivity index (χ1n) is 20.2. The summed E-state index contributed by atoms with van der Waals surface area (Å²) in [6.45, 7) is 5.36. The highest BCUT2D eigenvalue weighted by atomic mass is 15.0. The van der Waals surface area contributed by atoms with Crippen molar-refractivity contribution in [2.75, 3.05) is 6.54 Å². The van der Waals surface area contributed by atoms with Crippen LogP contribution in [0.5, 0.6) is 0 Å². The van der Waals surface area contributed by atoms with E-state index in [9.17, 15) is 0 Å². The Bertz CT molecular complexity index is 3060. The summed E-state index contributed by atoms with van der Waals surface area (Å²) in [6, 6.07) is 41.9. The molecular weight excluding hydrogens is 709 g/mol. The SMILES string of the molecule is CC1(C)c2ccccc2-c2ccc3c4ccccc4n(-c4c(C5=CCCC=C5)cc(-c5nc(-c6cccnc6)nc(C6C=CC=NC6)n5)cc4-c4ccccc4)c3c21. The second-order valence-corrected chi connectivity index (χ2v) is 15.9. The summed E-state index contributed by atoms with van der Waals surface area (Å²) in [5, 5.41) is 2.49. The fourth-order valence-corrected chi connectivity index (χ4v) is 9.38. The van der Waals surface area contributed by atoms with Crippen LogP contribution in [0.4, 0.5) is 0 Å². The Morgan fingerprint density at radius 1 is 0.672 bits per heavy atom. The van der Waals surface area contributed by atoms with Crippen molar-refractivity contribution in [3.63, 3.8) is 0 Å². The highest BCUT2D eigenvalue weighted by Crippen LogP contribution is 2.54. The Hall–Kier alpha value is -7.05. The molecule has 1 aliphatic heterocycles. The first-order valence-corrected chi connectivity index (χ1v) is 20.2. The van der Waals surface area contributed by atoms with Gasteiger partial charge in [-0.2, -0.15) is 0 Å². The molecule has 0 saturated carbocycles. The van der Waals surface area contributed by atoms with Crippen LogP contribution < -0.4 is 0 Å². The zero-order chi connectivity index (χ0) is 38.8. The van der Waals surface area contributed by atoms with Crippen LogP contribution in [0.1, 0.15) is 55.1 Å². The molecule has 0 fully saturated rings. The maximum atomic E-state index is 5.24. The highest BCUT2D eigenvalue weighted by Gasteiger charge is 2.39. The van der Waals surface area contributed by atoms with Gasteiger partial charge in [-0.15, -0.1) is 0 Å². The average molecular weight is 749 g/mol. The maximum Gasteiger partial charge on any atom is 0.165 e. The van der Waals surface area contributed by atoms with Crippen LogP contribution in [-0.2, 0) is 5.41 Å². The third-order valence-electron chi connectivity index (χ3n) is 12.1. The van der Waals surface area contributed by atoms with E-state index in [1.54, 1.807) is 6.20 Å². The lowest BCUT2D eigenvalue weighted by atomic mass is 9.81. The molecule has 6 heteroatoms. The molecule has 2 aliphatic carbocycles. The summed E-state index contributed by atoms with van der Waals surface area (Å²) >= 11 is 0. The number of benzene rings is 5. The number of fused-ring (bicyclic) bond motifs is 7. The molecule has 4 heterocycles. The molecule has 3 aliphatic rings. The monoisotopic (exact) mass is 748 g/mol. The molecule has 0 N–H and O–H groups in total. The van der Waals surface area contributed by atoms with Crippen molar-refractivity contribution < 1.29 is 0 Å². The number of pyridine rings is 1. The molecule has 58 heavy (non-hydrogen) atoms. The van der Waals surface area contributed by atoms with Gasteiger partial charge in [0.25, 0.3) is 0 Å².